The molecule has 0 aromatic heterocycles. The Bertz CT molecular complexity index is 110. The van der Waals surface area contributed by atoms with Gasteiger partial charge >= 0.3 is 0 Å². The van der Waals surface area contributed by atoms with Gasteiger partial charge in [-0.05, 0) is 30.9 Å². The fourth-order valence-corrected chi connectivity index (χ4v) is 0.814. The van der Waals surface area contributed by atoms with Gasteiger partial charge in [-0.25, -0.2) is 0 Å². The molecule has 0 saturated heterocycles. The molecule has 0 N–H and O–H groups in total. The van der Waals surface area contributed by atoms with Crippen LogP contribution in [0, 0.1) is 0 Å². The van der Waals surface area contributed by atoms with Crippen LogP contribution in [0.1, 0.15) is 26.2 Å². The summed E-state index contributed by atoms with van der Waals surface area (Å²) in [4.78, 5) is 0. The first-order valence-corrected chi connectivity index (χ1v) is 2.86. The van der Waals surface area contributed by atoms with E-state index in [1.165, 1.54) is 24.8 Å². The Morgan fingerprint density at radius 3 is 3.00 bits per heavy atom. The largest absolute Gasteiger partial charge is 0.126 e. The molecule has 0 aromatic carbocycles. The summed E-state index contributed by atoms with van der Waals surface area (Å²) in [7, 11) is 0. The van der Waals surface area contributed by atoms with Crippen molar-refractivity contribution in [2.45, 2.75) is 26.2 Å². The molecule has 0 saturated carbocycles. The van der Waals surface area contributed by atoms with E-state index in [-0.39, 0.29) is 0 Å². The van der Waals surface area contributed by atoms with E-state index in [9.17, 15) is 0 Å². The van der Waals surface area contributed by atoms with Gasteiger partial charge in [0.2, 0.25) is 0 Å². The van der Waals surface area contributed by atoms with Gasteiger partial charge < -0.3 is 0 Å². The van der Waals surface area contributed by atoms with E-state index in [1.807, 2.05) is 0 Å². The van der Waals surface area contributed by atoms with Gasteiger partial charge in [-0.2, -0.15) is 0 Å². The Hall–Kier alpha value is -0.480. The van der Waals surface area contributed by atoms with Crippen molar-refractivity contribution in [1.82, 2.24) is 0 Å². The van der Waals surface area contributed by atoms with Crippen molar-refractivity contribution in [1.29, 1.82) is 0 Å². The van der Waals surface area contributed by atoms with E-state index >= 15 is 0 Å². The topological polar surface area (TPSA) is 0 Å². The predicted octanol–water partition coefficient (Wildman–Crippen LogP) is 2.27. The fraction of sp³-hybridized carbons (Fsp3) is 0.571. The normalized spacial score (nSPS) is 17.6. The third kappa shape index (κ3) is 0.942. The summed E-state index contributed by atoms with van der Waals surface area (Å²) >= 11 is 0. The zero-order valence-corrected chi connectivity index (χ0v) is 4.70. The van der Waals surface area contributed by atoms with Crippen LogP contribution in [0.4, 0.5) is 0 Å². The average Bonchev–Trinajstić information content (AvgIpc) is 2.14. The van der Waals surface area contributed by atoms with Gasteiger partial charge in [0.1, 0.15) is 0 Å². The van der Waals surface area contributed by atoms with E-state index in [1.54, 1.807) is 0 Å². The van der Waals surface area contributed by atoms with Gasteiger partial charge in [-0.15, -0.1) is 5.73 Å². The van der Waals surface area contributed by atoms with Crippen LogP contribution in [-0.2, 0) is 0 Å². The molecule has 0 bridgehead atoms. The third-order valence-corrected chi connectivity index (χ3v) is 1.32. The van der Waals surface area contributed by atoms with Gasteiger partial charge in [0.15, 0.2) is 0 Å². The van der Waals surface area contributed by atoms with E-state index in [0.29, 0.717) is 0 Å². The highest BCUT2D eigenvalue weighted by Crippen LogP contribution is 2.12. The number of rotatable bonds is 1. The van der Waals surface area contributed by atoms with Crippen LogP contribution in [0.3, 0.4) is 0 Å². The van der Waals surface area contributed by atoms with E-state index < -0.39 is 0 Å². The van der Waals surface area contributed by atoms with Crippen molar-refractivity contribution in [3.63, 3.8) is 0 Å². The second kappa shape index (κ2) is 1.99. The highest BCUT2D eigenvalue weighted by Gasteiger charge is 1.94. The SMILES string of the molecule is CCC1=C=CCC1. The summed E-state index contributed by atoms with van der Waals surface area (Å²) in [6, 6.07) is 0. The minimum atomic E-state index is 1.19. The number of hydrogen-bond donors (Lipinski definition) is 0. The molecule has 0 aliphatic heterocycles. The Morgan fingerprint density at radius 1 is 1.86 bits per heavy atom. The van der Waals surface area contributed by atoms with E-state index in [4.69, 9.17) is 0 Å². The first-order valence-electron chi connectivity index (χ1n) is 2.86. The van der Waals surface area contributed by atoms with Gasteiger partial charge in [0.05, 0.1) is 0 Å². The van der Waals surface area contributed by atoms with Crippen LogP contribution < -0.4 is 0 Å². The number of hydrogen-bond acceptors (Lipinski definition) is 0. The lowest BCUT2D eigenvalue weighted by Gasteiger charge is -1.87. The molecule has 1 rings (SSSR count). The second-order valence-electron chi connectivity index (χ2n) is 1.84. The van der Waals surface area contributed by atoms with Crippen LogP contribution >= 0.6 is 0 Å². The summed E-state index contributed by atoms with van der Waals surface area (Å²) in [5, 5.41) is 0. The smallest absolute Gasteiger partial charge is 0.0203 e. The lowest BCUT2D eigenvalue weighted by Crippen LogP contribution is -1.69. The van der Waals surface area contributed by atoms with Crippen molar-refractivity contribution < 1.29 is 0 Å². The molecule has 0 spiro atoms. The molecule has 7 heavy (non-hydrogen) atoms. The highest BCUT2D eigenvalue weighted by atomic mass is 14.0. The monoisotopic (exact) mass is 94.1 g/mol. The molecule has 38 valence electrons. The van der Waals surface area contributed by atoms with Crippen molar-refractivity contribution >= 4 is 0 Å². The van der Waals surface area contributed by atoms with Crippen molar-refractivity contribution in [3.8, 4) is 0 Å². The summed E-state index contributed by atoms with van der Waals surface area (Å²) in [5.74, 6) is 0. The summed E-state index contributed by atoms with van der Waals surface area (Å²) in [5.41, 5.74) is 4.68. The second-order valence-corrected chi connectivity index (χ2v) is 1.84. The Labute approximate surface area is 44.5 Å². The molecule has 0 fully saturated rings. The third-order valence-electron chi connectivity index (χ3n) is 1.32. The van der Waals surface area contributed by atoms with Crippen LogP contribution in [0.25, 0.3) is 0 Å². The number of allylic oxidation sites excluding steroid dienone is 1. The molecule has 0 atom stereocenters. The molecule has 1 aliphatic carbocycles. The van der Waals surface area contributed by atoms with Crippen molar-refractivity contribution in [2.75, 3.05) is 0 Å². The van der Waals surface area contributed by atoms with Gasteiger partial charge in [-0.3, -0.25) is 0 Å². The molecule has 0 radical (unpaired) electrons. The maximum Gasteiger partial charge on any atom is -0.0203 e. The summed E-state index contributed by atoms with van der Waals surface area (Å²) in [6.07, 6.45) is 5.80. The highest BCUT2D eigenvalue weighted by molar-refractivity contribution is 5.07. The van der Waals surface area contributed by atoms with Crippen molar-refractivity contribution in [3.05, 3.63) is 17.4 Å². The van der Waals surface area contributed by atoms with Crippen LogP contribution in [0.5, 0.6) is 0 Å². The zero-order chi connectivity index (χ0) is 5.11. The van der Waals surface area contributed by atoms with Gasteiger partial charge in [0.25, 0.3) is 0 Å². The standard InChI is InChI=1S/C7H10/c1-2-7-5-3-4-6-7/h3H,2,4,6H2,1H3. The Kier molecular flexibility index (Phi) is 1.33. The minimum absolute atomic E-state index is 1.19. The lowest BCUT2D eigenvalue weighted by atomic mass is 10.2. The van der Waals surface area contributed by atoms with E-state index in [0.717, 1.165) is 0 Å². The molecule has 1 aliphatic rings. The first-order chi connectivity index (χ1) is 3.43. The molecule has 0 aromatic rings. The van der Waals surface area contributed by atoms with E-state index in [2.05, 4.69) is 18.7 Å². The zero-order valence-electron chi connectivity index (χ0n) is 4.70. The Morgan fingerprint density at radius 2 is 2.71 bits per heavy atom. The van der Waals surface area contributed by atoms with Crippen LogP contribution in [0.15, 0.2) is 17.4 Å². The molecule has 0 nitrogen and oxygen atoms in total. The van der Waals surface area contributed by atoms with Gasteiger partial charge in [0, 0.05) is 0 Å². The maximum absolute atomic E-state index is 3.20. The molecule has 0 heterocycles. The quantitative estimate of drug-likeness (QED) is 0.437. The van der Waals surface area contributed by atoms with Crippen molar-refractivity contribution in [2.24, 2.45) is 0 Å². The lowest BCUT2D eigenvalue weighted by molar-refractivity contribution is 0.944. The van der Waals surface area contributed by atoms with Gasteiger partial charge in [-0.1, -0.05) is 6.92 Å². The summed E-state index contributed by atoms with van der Waals surface area (Å²) in [6.45, 7) is 2.18. The molecular weight excluding hydrogens is 84.1 g/mol. The summed E-state index contributed by atoms with van der Waals surface area (Å²) < 4.78 is 0. The fourth-order valence-electron chi connectivity index (χ4n) is 0.814. The first kappa shape index (κ1) is 4.67. The van der Waals surface area contributed by atoms with Crippen LogP contribution in [-0.4, -0.2) is 0 Å². The van der Waals surface area contributed by atoms with Crippen LogP contribution in [0.2, 0.25) is 0 Å². The maximum atomic E-state index is 3.20. The molecule has 0 amide bonds. The minimum Gasteiger partial charge on any atom is -0.126 e. The molecule has 0 unspecified atom stereocenters. The predicted molar refractivity (Wildman–Crippen MR) is 31.1 cm³/mol. The average molecular weight is 94.2 g/mol. The molecular formula is C7H10. The molecule has 0 heteroatoms. The Balaban J connectivity index is 2.54.